The number of hydrogen-bond donors (Lipinski definition) is 2. The molecule has 2 aromatic carbocycles. The number of hydrogen-bond acceptors (Lipinski definition) is 3. The molecule has 0 saturated heterocycles. The predicted octanol–water partition coefficient (Wildman–Crippen LogP) is 3.91. The average Bonchev–Trinajstić information content (AvgIpc) is 2.52. The topological polar surface area (TPSA) is 59.6 Å². The van der Waals surface area contributed by atoms with Crippen molar-refractivity contribution in [3.63, 3.8) is 0 Å². The molecule has 122 valence electrons. The average molecular weight is 344 g/mol. The van der Waals surface area contributed by atoms with Gasteiger partial charge in [0.15, 0.2) is 0 Å². The lowest BCUT2D eigenvalue weighted by Crippen LogP contribution is -2.30. The molecule has 0 aliphatic carbocycles. The van der Waals surface area contributed by atoms with E-state index in [-0.39, 0.29) is 5.84 Å². The largest absolute Gasteiger partial charge is 0.495 e. The first-order chi connectivity index (χ1) is 10.8. The fourth-order valence-electron chi connectivity index (χ4n) is 1.85. The number of aliphatic imine (C=N–C) groups is 1. The second-order valence-electron chi connectivity index (χ2n) is 4.50. The third-order valence-corrected chi connectivity index (χ3v) is 3.29. The van der Waals surface area contributed by atoms with Gasteiger partial charge in [-0.3, -0.25) is 0 Å². The molecular formula is C15H13ClF3N3O. The van der Waals surface area contributed by atoms with Crippen LogP contribution in [0.4, 0.5) is 18.9 Å². The second kappa shape index (κ2) is 6.89. The van der Waals surface area contributed by atoms with Crippen molar-refractivity contribution in [1.29, 1.82) is 0 Å². The van der Waals surface area contributed by atoms with E-state index in [4.69, 9.17) is 22.2 Å². The van der Waals surface area contributed by atoms with Crippen LogP contribution in [0.15, 0.2) is 47.5 Å². The van der Waals surface area contributed by atoms with Crippen molar-refractivity contribution in [2.45, 2.75) is 6.18 Å². The third-order valence-electron chi connectivity index (χ3n) is 3.00. The SMILES string of the molecule is COc1ccc(N=C(NN)c2ccc(C(F)(F)F)cc2)cc1Cl. The van der Waals surface area contributed by atoms with Gasteiger partial charge < -0.3 is 10.2 Å². The zero-order chi connectivity index (χ0) is 17.0. The Morgan fingerprint density at radius 1 is 1.17 bits per heavy atom. The van der Waals surface area contributed by atoms with E-state index in [1.165, 1.54) is 19.2 Å². The van der Waals surface area contributed by atoms with Gasteiger partial charge >= 0.3 is 6.18 Å². The lowest BCUT2D eigenvalue weighted by Gasteiger charge is -2.10. The van der Waals surface area contributed by atoms with Crippen molar-refractivity contribution >= 4 is 23.1 Å². The number of amidine groups is 1. The molecule has 8 heteroatoms. The van der Waals surface area contributed by atoms with Crippen LogP contribution in [-0.2, 0) is 6.18 Å². The molecule has 0 unspecified atom stereocenters. The summed E-state index contributed by atoms with van der Waals surface area (Å²) in [7, 11) is 1.49. The zero-order valence-corrected chi connectivity index (χ0v) is 12.7. The molecule has 0 spiro atoms. The highest BCUT2D eigenvalue weighted by molar-refractivity contribution is 6.32. The minimum absolute atomic E-state index is 0.208. The lowest BCUT2D eigenvalue weighted by molar-refractivity contribution is -0.137. The van der Waals surface area contributed by atoms with Gasteiger partial charge in [-0.2, -0.15) is 13.2 Å². The van der Waals surface area contributed by atoms with E-state index < -0.39 is 11.7 Å². The number of nitrogens with zero attached hydrogens (tertiary/aromatic N) is 1. The van der Waals surface area contributed by atoms with Crippen LogP contribution in [0.2, 0.25) is 5.02 Å². The summed E-state index contributed by atoms with van der Waals surface area (Å²) < 4.78 is 42.7. The minimum atomic E-state index is -4.39. The van der Waals surface area contributed by atoms with Crippen molar-refractivity contribution < 1.29 is 17.9 Å². The van der Waals surface area contributed by atoms with Gasteiger partial charge in [-0.05, 0) is 30.3 Å². The Hall–Kier alpha value is -2.25. The molecule has 0 amide bonds. The molecule has 0 saturated carbocycles. The Morgan fingerprint density at radius 2 is 1.83 bits per heavy atom. The monoisotopic (exact) mass is 343 g/mol. The van der Waals surface area contributed by atoms with E-state index in [1.54, 1.807) is 18.2 Å². The Kier molecular flexibility index (Phi) is 5.12. The van der Waals surface area contributed by atoms with Gasteiger partial charge in [0.25, 0.3) is 0 Å². The maximum atomic E-state index is 12.6. The molecule has 3 N–H and O–H groups in total. The van der Waals surface area contributed by atoms with Crippen LogP contribution in [0.3, 0.4) is 0 Å². The molecule has 0 radical (unpaired) electrons. The molecule has 0 aromatic heterocycles. The van der Waals surface area contributed by atoms with Gasteiger partial charge in [-0.25, -0.2) is 10.8 Å². The number of nitrogens with two attached hydrogens (primary N) is 1. The standard InChI is InChI=1S/C15H13ClF3N3O/c1-23-13-7-6-11(8-12(13)16)21-14(22-20)9-2-4-10(5-3-9)15(17,18)19/h2-8H,20H2,1H3,(H,21,22). The van der Waals surface area contributed by atoms with Crippen LogP contribution in [-0.4, -0.2) is 12.9 Å². The predicted molar refractivity (Wildman–Crippen MR) is 83.0 cm³/mol. The Balaban J connectivity index is 2.33. The van der Waals surface area contributed by atoms with Crippen LogP contribution in [0.25, 0.3) is 0 Å². The molecule has 0 atom stereocenters. The first-order valence-electron chi connectivity index (χ1n) is 6.41. The summed E-state index contributed by atoms with van der Waals surface area (Å²) in [5, 5.41) is 0.359. The van der Waals surface area contributed by atoms with Crippen LogP contribution in [0.5, 0.6) is 5.75 Å². The van der Waals surface area contributed by atoms with Crippen LogP contribution < -0.4 is 16.0 Å². The van der Waals surface area contributed by atoms with Crippen molar-refractivity contribution in [3.05, 3.63) is 58.6 Å². The van der Waals surface area contributed by atoms with E-state index in [2.05, 4.69) is 10.4 Å². The fraction of sp³-hybridized carbons (Fsp3) is 0.133. The molecule has 0 aliphatic rings. The molecular weight excluding hydrogens is 331 g/mol. The van der Waals surface area contributed by atoms with Crippen molar-refractivity contribution in [1.82, 2.24) is 5.43 Å². The fourth-order valence-corrected chi connectivity index (χ4v) is 2.10. The van der Waals surface area contributed by atoms with Gasteiger partial charge in [0.05, 0.1) is 23.4 Å². The molecule has 2 aromatic rings. The number of alkyl halides is 3. The maximum Gasteiger partial charge on any atom is 0.416 e. The van der Waals surface area contributed by atoms with E-state index in [0.717, 1.165) is 12.1 Å². The number of hydrazine groups is 1. The molecule has 23 heavy (non-hydrogen) atoms. The normalized spacial score (nSPS) is 12.2. The maximum absolute atomic E-state index is 12.6. The molecule has 4 nitrogen and oxygen atoms in total. The molecule has 0 heterocycles. The lowest BCUT2D eigenvalue weighted by atomic mass is 10.1. The minimum Gasteiger partial charge on any atom is -0.495 e. The summed E-state index contributed by atoms with van der Waals surface area (Å²) >= 11 is 6.00. The first kappa shape index (κ1) is 17.1. The van der Waals surface area contributed by atoms with Gasteiger partial charge in [0.1, 0.15) is 11.6 Å². The highest BCUT2D eigenvalue weighted by Crippen LogP contribution is 2.30. The number of benzene rings is 2. The summed E-state index contributed by atoms with van der Waals surface area (Å²) in [4.78, 5) is 4.23. The van der Waals surface area contributed by atoms with Crippen molar-refractivity contribution in [2.75, 3.05) is 7.11 Å². The number of ether oxygens (including phenoxy) is 1. The van der Waals surface area contributed by atoms with Gasteiger partial charge in [0.2, 0.25) is 0 Å². The summed E-state index contributed by atoms with van der Waals surface area (Å²) in [6.07, 6.45) is -4.39. The quantitative estimate of drug-likeness (QED) is 0.384. The zero-order valence-electron chi connectivity index (χ0n) is 12.0. The number of halogens is 4. The van der Waals surface area contributed by atoms with Gasteiger partial charge in [-0.1, -0.05) is 23.7 Å². The van der Waals surface area contributed by atoms with Crippen molar-refractivity contribution in [3.8, 4) is 5.75 Å². The van der Waals surface area contributed by atoms with Crippen LogP contribution >= 0.6 is 11.6 Å². The Bertz CT molecular complexity index is 715. The number of nitrogens with one attached hydrogen (secondary N) is 1. The van der Waals surface area contributed by atoms with Gasteiger partial charge in [-0.15, -0.1) is 0 Å². The number of methoxy groups -OCH3 is 1. The molecule has 0 aliphatic heterocycles. The highest BCUT2D eigenvalue weighted by atomic mass is 35.5. The summed E-state index contributed by atoms with van der Waals surface area (Å²) in [6.45, 7) is 0. The Labute approximate surface area is 135 Å². The second-order valence-corrected chi connectivity index (χ2v) is 4.91. The van der Waals surface area contributed by atoms with Crippen molar-refractivity contribution in [2.24, 2.45) is 10.8 Å². The van der Waals surface area contributed by atoms with E-state index >= 15 is 0 Å². The third kappa shape index (κ3) is 4.14. The summed E-state index contributed by atoms with van der Waals surface area (Å²) in [5.74, 6) is 6.11. The van der Waals surface area contributed by atoms with Gasteiger partial charge in [0, 0.05) is 5.56 Å². The van der Waals surface area contributed by atoms with Crippen LogP contribution in [0, 0.1) is 0 Å². The Morgan fingerprint density at radius 3 is 2.30 bits per heavy atom. The van der Waals surface area contributed by atoms with E-state index in [1.807, 2.05) is 0 Å². The van der Waals surface area contributed by atoms with E-state index in [0.29, 0.717) is 22.0 Å². The summed E-state index contributed by atoms with van der Waals surface area (Å²) in [6, 6.07) is 9.32. The number of rotatable bonds is 3. The first-order valence-corrected chi connectivity index (χ1v) is 6.79. The van der Waals surface area contributed by atoms with Crippen LogP contribution in [0.1, 0.15) is 11.1 Å². The molecule has 0 fully saturated rings. The molecule has 0 bridgehead atoms. The smallest absolute Gasteiger partial charge is 0.416 e. The van der Waals surface area contributed by atoms with E-state index in [9.17, 15) is 13.2 Å². The summed E-state index contributed by atoms with van der Waals surface area (Å²) in [5.41, 5.74) is 2.51. The highest BCUT2D eigenvalue weighted by Gasteiger charge is 2.30. The molecule has 2 rings (SSSR count).